The number of alkyl halides is 3. The van der Waals surface area contributed by atoms with Crippen LogP contribution in [0.4, 0.5) is 18.9 Å². The van der Waals surface area contributed by atoms with E-state index in [-0.39, 0.29) is 43.0 Å². The van der Waals surface area contributed by atoms with Crippen molar-refractivity contribution in [3.63, 3.8) is 0 Å². The lowest BCUT2D eigenvalue weighted by molar-refractivity contribution is -0.134. The summed E-state index contributed by atoms with van der Waals surface area (Å²) in [5.74, 6) is 0. The van der Waals surface area contributed by atoms with Crippen LogP contribution in [0.25, 0.3) is 11.3 Å². The molecule has 1 aromatic heterocycles. The van der Waals surface area contributed by atoms with Gasteiger partial charge >= 0.3 is 6.18 Å². The number of halogens is 7. The van der Waals surface area contributed by atoms with E-state index in [9.17, 15) is 13.2 Å². The van der Waals surface area contributed by atoms with E-state index in [1.54, 1.807) is 0 Å². The molecule has 1 aromatic carbocycles. The van der Waals surface area contributed by atoms with E-state index < -0.39 is 16.1 Å². The van der Waals surface area contributed by atoms with Crippen LogP contribution in [-0.4, -0.2) is 4.37 Å². The van der Waals surface area contributed by atoms with E-state index in [2.05, 4.69) is 20.3 Å². The fourth-order valence-electron chi connectivity index (χ4n) is 1.43. The largest absolute Gasteiger partial charge is 0.428 e. The Labute approximate surface area is 138 Å². The third-order valence-corrected chi connectivity index (χ3v) is 5.14. The molecule has 0 bridgehead atoms. The molecule has 0 atom stereocenters. The molecule has 2 aromatic rings. The maximum absolute atomic E-state index is 12.7. The number of hydrogen-bond donors (Lipinski definition) is 1. The van der Waals surface area contributed by atoms with E-state index in [0.29, 0.717) is 0 Å². The molecule has 10 heteroatoms. The van der Waals surface area contributed by atoms with Crippen LogP contribution in [0.15, 0.2) is 10.5 Å². The first-order chi connectivity index (χ1) is 9.14. The summed E-state index contributed by atoms with van der Waals surface area (Å²) in [6, 6.07) is 1.32. The Bertz CT molecular complexity index is 687. The summed E-state index contributed by atoms with van der Waals surface area (Å²) in [5.41, 5.74) is 5.93. The average molecular weight is 426 g/mol. The van der Waals surface area contributed by atoms with Gasteiger partial charge in [-0.05, 0) is 33.5 Å². The summed E-state index contributed by atoms with van der Waals surface area (Å²) in [7, 11) is 0. The number of benzene rings is 1. The minimum Gasteiger partial charge on any atom is -0.397 e. The van der Waals surface area contributed by atoms with Gasteiger partial charge in [0, 0.05) is 5.56 Å². The standard InChI is InChI=1S/C10H3BrCl3F3N2S/c11-5-4(2(12)1-3(13)7(5)18)8-6(14)9(20-19-8)10(15,16)17/h1H,18H2. The van der Waals surface area contributed by atoms with Crippen molar-refractivity contribution < 1.29 is 13.2 Å². The number of rotatable bonds is 1. The molecule has 108 valence electrons. The number of nitrogens with two attached hydrogens (primary N) is 1. The molecule has 0 aliphatic heterocycles. The molecule has 0 saturated carbocycles. The lowest BCUT2D eigenvalue weighted by atomic mass is 10.1. The molecule has 0 unspecified atom stereocenters. The summed E-state index contributed by atoms with van der Waals surface area (Å²) in [5, 5.41) is -0.253. The Hall–Kier alpha value is -0.210. The van der Waals surface area contributed by atoms with Crippen molar-refractivity contribution in [3.8, 4) is 11.3 Å². The molecule has 0 saturated heterocycles. The molecule has 20 heavy (non-hydrogen) atoms. The Morgan fingerprint density at radius 2 is 1.80 bits per heavy atom. The molecule has 0 spiro atoms. The number of nitrogens with zero attached hydrogens (tertiary/aromatic N) is 1. The predicted octanol–water partition coefficient (Wildman–Crippen LogP) is 6.13. The number of nitrogen functional groups attached to an aromatic ring is 1. The van der Waals surface area contributed by atoms with E-state index in [1.807, 2.05) is 0 Å². The van der Waals surface area contributed by atoms with Crippen LogP contribution in [0.2, 0.25) is 15.1 Å². The van der Waals surface area contributed by atoms with Crippen molar-refractivity contribution in [3.05, 3.63) is 30.5 Å². The molecular formula is C10H3BrCl3F3N2S. The van der Waals surface area contributed by atoms with E-state index in [4.69, 9.17) is 40.5 Å². The highest BCUT2D eigenvalue weighted by Gasteiger charge is 2.38. The van der Waals surface area contributed by atoms with Gasteiger partial charge in [-0.2, -0.15) is 17.5 Å². The second-order valence-corrected chi connectivity index (χ2v) is 6.37. The average Bonchev–Trinajstić information content (AvgIpc) is 2.68. The normalized spacial score (nSPS) is 11.9. The quantitative estimate of drug-likeness (QED) is 0.557. The van der Waals surface area contributed by atoms with Gasteiger partial charge < -0.3 is 5.73 Å². The van der Waals surface area contributed by atoms with Crippen molar-refractivity contribution in [2.45, 2.75) is 6.18 Å². The lowest BCUT2D eigenvalue weighted by Crippen LogP contribution is -2.02. The maximum Gasteiger partial charge on any atom is 0.428 e. The monoisotopic (exact) mass is 424 g/mol. The van der Waals surface area contributed by atoms with E-state index in [1.165, 1.54) is 6.07 Å². The van der Waals surface area contributed by atoms with Crippen LogP contribution in [0.5, 0.6) is 0 Å². The molecule has 0 aliphatic rings. The third kappa shape index (κ3) is 2.74. The zero-order valence-corrected chi connectivity index (χ0v) is 13.8. The van der Waals surface area contributed by atoms with Crippen LogP contribution in [0.1, 0.15) is 4.88 Å². The number of aromatic nitrogens is 1. The van der Waals surface area contributed by atoms with Crippen molar-refractivity contribution in [1.82, 2.24) is 4.37 Å². The van der Waals surface area contributed by atoms with Crippen LogP contribution in [0, 0.1) is 0 Å². The predicted molar refractivity (Wildman–Crippen MR) is 79.7 cm³/mol. The zero-order valence-electron chi connectivity index (χ0n) is 9.16. The van der Waals surface area contributed by atoms with Crippen molar-refractivity contribution in [2.24, 2.45) is 0 Å². The second kappa shape index (κ2) is 5.53. The van der Waals surface area contributed by atoms with Crippen LogP contribution in [-0.2, 0) is 6.18 Å². The van der Waals surface area contributed by atoms with Gasteiger partial charge in [-0.1, -0.05) is 34.8 Å². The minimum atomic E-state index is -4.58. The number of hydrogen-bond acceptors (Lipinski definition) is 3. The molecule has 0 radical (unpaired) electrons. The van der Waals surface area contributed by atoms with Gasteiger partial charge in [-0.25, -0.2) is 0 Å². The summed E-state index contributed by atoms with van der Waals surface area (Å²) >= 11 is 21.0. The van der Waals surface area contributed by atoms with Crippen LogP contribution >= 0.6 is 62.3 Å². The first-order valence-electron chi connectivity index (χ1n) is 4.80. The van der Waals surface area contributed by atoms with E-state index in [0.717, 1.165) is 0 Å². The fourth-order valence-corrected chi connectivity index (χ4v) is 3.87. The van der Waals surface area contributed by atoms with Gasteiger partial charge in [0.05, 0.1) is 25.2 Å². The Balaban J connectivity index is 2.71. The molecule has 0 fully saturated rings. The van der Waals surface area contributed by atoms with Crippen molar-refractivity contribution >= 4 is 68.0 Å². The van der Waals surface area contributed by atoms with Gasteiger partial charge in [0.15, 0.2) is 0 Å². The Morgan fingerprint density at radius 1 is 1.20 bits per heavy atom. The molecule has 2 nitrogen and oxygen atoms in total. The second-order valence-electron chi connectivity index (χ2n) is 3.61. The summed E-state index contributed by atoms with van der Waals surface area (Å²) in [6.07, 6.45) is -4.58. The highest BCUT2D eigenvalue weighted by molar-refractivity contribution is 9.10. The smallest absolute Gasteiger partial charge is 0.397 e. The number of anilines is 1. The third-order valence-electron chi connectivity index (χ3n) is 2.34. The zero-order chi connectivity index (χ0) is 15.2. The highest BCUT2D eigenvalue weighted by atomic mass is 79.9. The summed E-state index contributed by atoms with van der Waals surface area (Å²) in [4.78, 5) is -0.995. The molecule has 2 N–H and O–H groups in total. The molecule has 0 aliphatic carbocycles. The lowest BCUT2D eigenvalue weighted by Gasteiger charge is -2.10. The molecule has 2 rings (SSSR count). The van der Waals surface area contributed by atoms with Gasteiger partial charge in [0.25, 0.3) is 0 Å². The van der Waals surface area contributed by atoms with Crippen LogP contribution in [0.3, 0.4) is 0 Å². The summed E-state index contributed by atoms with van der Waals surface area (Å²) < 4.78 is 42.1. The SMILES string of the molecule is Nc1c(Cl)cc(Cl)c(-c2nsc(C(F)(F)F)c2Cl)c1Br. The summed E-state index contributed by atoms with van der Waals surface area (Å²) in [6.45, 7) is 0. The van der Waals surface area contributed by atoms with Gasteiger partial charge in [-0.3, -0.25) is 0 Å². The van der Waals surface area contributed by atoms with Crippen LogP contribution < -0.4 is 5.73 Å². The van der Waals surface area contributed by atoms with E-state index >= 15 is 0 Å². The van der Waals surface area contributed by atoms with Gasteiger partial charge in [0.2, 0.25) is 0 Å². The highest BCUT2D eigenvalue weighted by Crippen LogP contribution is 2.48. The van der Waals surface area contributed by atoms with Crippen molar-refractivity contribution in [1.29, 1.82) is 0 Å². The molecule has 1 heterocycles. The molecule has 0 amide bonds. The topological polar surface area (TPSA) is 38.9 Å². The first kappa shape index (κ1) is 16.2. The fraction of sp³-hybridized carbons (Fsp3) is 0.100. The minimum absolute atomic E-state index is 0.0933. The van der Waals surface area contributed by atoms with Gasteiger partial charge in [-0.15, -0.1) is 0 Å². The Kier molecular flexibility index (Phi) is 4.47. The maximum atomic E-state index is 12.7. The van der Waals surface area contributed by atoms with Crippen molar-refractivity contribution in [2.75, 3.05) is 5.73 Å². The molecular weight excluding hydrogens is 423 g/mol. The van der Waals surface area contributed by atoms with Gasteiger partial charge in [0.1, 0.15) is 10.6 Å². The Morgan fingerprint density at radius 3 is 2.30 bits per heavy atom. The first-order valence-corrected chi connectivity index (χ1v) is 7.50.